The molecule has 6 nitrogen and oxygen atoms in total. The molecule has 0 bridgehead atoms. The summed E-state index contributed by atoms with van der Waals surface area (Å²) in [5.74, 6) is 2.13. The third-order valence-corrected chi connectivity index (χ3v) is 7.57. The zero-order chi connectivity index (χ0) is 20.7. The molecule has 0 aliphatic heterocycles. The van der Waals surface area contributed by atoms with Crippen molar-refractivity contribution < 1.29 is 18.2 Å². The average molecular weight is 447 g/mol. The number of nitrogens with one attached hydrogen (secondary N) is 1. The second-order valence-corrected chi connectivity index (χ2v) is 10.1. The van der Waals surface area contributed by atoms with Gasteiger partial charge in [0, 0.05) is 40.1 Å². The minimum absolute atomic E-state index is 0.0816. The van der Waals surface area contributed by atoms with E-state index in [0.717, 1.165) is 55.5 Å². The smallest absolute Gasteiger partial charge is 0.311 e. The van der Waals surface area contributed by atoms with Gasteiger partial charge in [0.05, 0.1) is 0 Å². The molecular weight excluding hydrogens is 424 g/mol. The summed E-state index contributed by atoms with van der Waals surface area (Å²) in [6.45, 7) is 0. The van der Waals surface area contributed by atoms with E-state index in [0.29, 0.717) is 21.8 Å². The van der Waals surface area contributed by atoms with Crippen LogP contribution in [0.25, 0.3) is 11.1 Å². The Morgan fingerprint density at radius 1 is 1.13 bits per heavy atom. The molecule has 1 amide bonds. The number of hydrogen-bond acceptors (Lipinski definition) is 5. The van der Waals surface area contributed by atoms with E-state index in [1.807, 2.05) is 12.1 Å². The summed E-state index contributed by atoms with van der Waals surface area (Å²) in [5.41, 5.74) is 1.53. The van der Waals surface area contributed by atoms with Gasteiger partial charge in [0.2, 0.25) is 0 Å². The van der Waals surface area contributed by atoms with Crippen LogP contribution >= 0.6 is 11.6 Å². The third kappa shape index (κ3) is 4.38. The van der Waals surface area contributed by atoms with Crippen LogP contribution in [0, 0.1) is 5.92 Å². The highest BCUT2D eigenvalue weighted by Gasteiger charge is 2.31. The standard InChI is InChI=1S/C22H23ClN2O4S/c23-15-5-8-18-17(11-15)25-22(29-18)14-3-6-16(7-4-14)24-21(26)19-9-10-20(28-19)30(27)12-13-1-2-13/h5,8-11,13-14,16H,1-4,6-7,12H2,(H,24,26)/t14-,16-,30-/m0/s1. The lowest BCUT2D eigenvalue weighted by Gasteiger charge is -2.27. The predicted molar refractivity (Wildman–Crippen MR) is 114 cm³/mol. The van der Waals surface area contributed by atoms with Crippen molar-refractivity contribution in [2.24, 2.45) is 5.92 Å². The molecule has 8 heteroatoms. The van der Waals surface area contributed by atoms with Crippen LogP contribution in [0.15, 0.2) is 44.3 Å². The van der Waals surface area contributed by atoms with E-state index in [-0.39, 0.29) is 23.6 Å². The molecule has 2 heterocycles. The topological polar surface area (TPSA) is 91.3 Å². The van der Waals surface area contributed by atoms with Gasteiger partial charge in [-0.25, -0.2) is 4.98 Å². The van der Waals surface area contributed by atoms with Crippen LogP contribution in [0.5, 0.6) is 0 Å². The summed E-state index contributed by atoms with van der Waals surface area (Å²) in [4.78, 5) is 17.1. The van der Waals surface area contributed by atoms with E-state index in [1.165, 1.54) is 0 Å². The predicted octanol–water partition coefficient (Wildman–Crippen LogP) is 5.05. The van der Waals surface area contributed by atoms with Crippen LogP contribution in [0.1, 0.15) is 60.9 Å². The number of furan rings is 1. The Morgan fingerprint density at radius 3 is 2.70 bits per heavy atom. The Morgan fingerprint density at radius 2 is 1.93 bits per heavy atom. The van der Waals surface area contributed by atoms with Gasteiger partial charge in [-0.15, -0.1) is 0 Å². The first-order valence-electron chi connectivity index (χ1n) is 10.4. The summed E-state index contributed by atoms with van der Waals surface area (Å²) in [6.07, 6.45) is 5.74. The number of fused-ring (bicyclic) bond motifs is 1. The van der Waals surface area contributed by atoms with Crippen LogP contribution in [0.3, 0.4) is 0 Å². The zero-order valence-electron chi connectivity index (χ0n) is 16.4. The second-order valence-electron chi connectivity index (χ2n) is 8.26. The molecule has 0 unspecified atom stereocenters. The Hall–Kier alpha value is -1.96. The van der Waals surface area contributed by atoms with Crippen molar-refractivity contribution in [3.8, 4) is 0 Å². The molecule has 1 atom stereocenters. The van der Waals surface area contributed by atoms with Crippen LogP contribution in [0.2, 0.25) is 5.02 Å². The summed E-state index contributed by atoms with van der Waals surface area (Å²) in [7, 11) is 0. The van der Waals surface area contributed by atoms with Gasteiger partial charge in [0.15, 0.2) is 17.2 Å². The minimum atomic E-state index is -1.16. The monoisotopic (exact) mass is 446 g/mol. The van der Waals surface area contributed by atoms with Crippen molar-refractivity contribution in [3.05, 3.63) is 47.0 Å². The molecule has 2 aromatic heterocycles. The molecule has 30 heavy (non-hydrogen) atoms. The van der Waals surface area contributed by atoms with E-state index in [4.69, 9.17) is 20.4 Å². The Kier molecular flexibility index (Phi) is 5.52. The van der Waals surface area contributed by atoms with Gasteiger partial charge in [0.25, 0.3) is 5.91 Å². The van der Waals surface area contributed by atoms with Gasteiger partial charge in [-0.05, 0) is 62.8 Å². The Bertz CT molecular complexity index is 1050. The van der Waals surface area contributed by atoms with Crippen LogP contribution in [-0.4, -0.2) is 27.2 Å². The maximum atomic E-state index is 12.5. The minimum Gasteiger partial charge on any atom is -0.609 e. The highest BCUT2D eigenvalue weighted by atomic mass is 35.5. The van der Waals surface area contributed by atoms with Crippen molar-refractivity contribution in [2.45, 2.75) is 55.6 Å². The van der Waals surface area contributed by atoms with Crippen LogP contribution in [0.4, 0.5) is 0 Å². The summed E-state index contributed by atoms with van der Waals surface area (Å²) in [5, 5.41) is 4.09. The van der Waals surface area contributed by atoms with Gasteiger partial charge in [-0.2, -0.15) is 0 Å². The van der Waals surface area contributed by atoms with Crippen LogP contribution in [-0.2, 0) is 11.2 Å². The molecule has 2 saturated carbocycles. The molecule has 2 aliphatic rings. The quantitative estimate of drug-likeness (QED) is 0.535. The number of oxazole rings is 1. The van der Waals surface area contributed by atoms with E-state index >= 15 is 0 Å². The number of nitrogens with zero attached hydrogens (tertiary/aromatic N) is 1. The summed E-state index contributed by atoms with van der Waals surface area (Å²) < 4.78 is 23.7. The molecule has 158 valence electrons. The van der Waals surface area contributed by atoms with Gasteiger partial charge >= 0.3 is 5.09 Å². The van der Waals surface area contributed by atoms with Crippen molar-refractivity contribution in [1.82, 2.24) is 10.3 Å². The molecule has 2 fully saturated rings. The van der Waals surface area contributed by atoms with Crippen molar-refractivity contribution in [2.75, 3.05) is 5.75 Å². The molecular formula is C22H23ClN2O4S. The number of rotatable bonds is 6. The van der Waals surface area contributed by atoms with Crippen LogP contribution < -0.4 is 5.32 Å². The lowest BCUT2D eigenvalue weighted by molar-refractivity contribution is 0.0891. The fourth-order valence-corrected chi connectivity index (χ4v) is 5.47. The Balaban J connectivity index is 1.15. The molecule has 0 radical (unpaired) electrons. The number of halogens is 1. The fraction of sp³-hybridized carbons (Fsp3) is 0.455. The lowest BCUT2D eigenvalue weighted by Crippen LogP contribution is -2.37. The Labute approximate surface area is 182 Å². The highest BCUT2D eigenvalue weighted by molar-refractivity contribution is 7.91. The van der Waals surface area contributed by atoms with Crippen molar-refractivity contribution in [1.29, 1.82) is 0 Å². The molecule has 2 aliphatic carbocycles. The van der Waals surface area contributed by atoms with Crippen molar-refractivity contribution >= 4 is 39.8 Å². The number of benzene rings is 1. The van der Waals surface area contributed by atoms with E-state index in [2.05, 4.69) is 10.3 Å². The first kappa shape index (κ1) is 20.0. The SMILES string of the molecule is O=C(N[C@H]1CC[C@H](c2nc3cc(Cl)ccc3o2)CC1)c1ccc([S@@+]([O-])CC2CC2)o1. The number of carbonyl (C=O) groups excluding carboxylic acids is 1. The average Bonchev–Trinajstić information content (AvgIpc) is 3.25. The van der Waals surface area contributed by atoms with E-state index in [1.54, 1.807) is 18.2 Å². The number of aromatic nitrogens is 1. The molecule has 1 N–H and O–H groups in total. The molecule has 0 saturated heterocycles. The fourth-order valence-electron chi connectivity index (χ4n) is 3.98. The van der Waals surface area contributed by atoms with Crippen molar-refractivity contribution in [3.63, 3.8) is 0 Å². The number of amides is 1. The van der Waals surface area contributed by atoms with E-state index in [9.17, 15) is 9.35 Å². The first-order chi connectivity index (χ1) is 14.5. The maximum absolute atomic E-state index is 12.5. The van der Waals surface area contributed by atoms with Gasteiger partial charge < -0.3 is 18.7 Å². The van der Waals surface area contributed by atoms with Gasteiger partial charge in [0.1, 0.15) is 11.3 Å². The molecule has 0 spiro atoms. The van der Waals surface area contributed by atoms with E-state index < -0.39 is 11.2 Å². The molecule has 3 aromatic rings. The lowest BCUT2D eigenvalue weighted by atomic mass is 9.86. The largest absolute Gasteiger partial charge is 0.609 e. The molecule has 1 aromatic carbocycles. The zero-order valence-corrected chi connectivity index (χ0v) is 18.0. The maximum Gasteiger partial charge on any atom is 0.311 e. The number of hydrogen-bond donors (Lipinski definition) is 1. The second kappa shape index (κ2) is 8.29. The molecule has 5 rings (SSSR count). The summed E-state index contributed by atoms with van der Waals surface area (Å²) >= 11 is 4.87. The summed E-state index contributed by atoms with van der Waals surface area (Å²) in [6, 6.07) is 8.81. The third-order valence-electron chi connectivity index (χ3n) is 5.89. The normalized spacial score (nSPS) is 22.9. The van der Waals surface area contributed by atoms with Gasteiger partial charge in [-0.3, -0.25) is 4.79 Å². The first-order valence-corrected chi connectivity index (χ1v) is 12.1. The highest BCUT2D eigenvalue weighted by Crippen LogP contribution is 2.35. The number of carbonyl (C=O) groups is 1. The van der Waals surface area contributed by atoms with Gasteiger partial charge in [-0.1, -0.05) is 11.6 Å².